The summed E-state index contributed by atoms with van der Waals surface area (Å²) in [6.45, 7) is 2.02. The molecule has 0 aliphatic rings. The van der Waals surface area contributed by atoms with Crippen molar-refractivity contribution in [3.05, 3.63) is 59.7 Å². The highest BCUT2D eigenvalue weighted by Crippen LogP contribution is 2.25. The van der Waals surface area contributed by atoms with E-state index in [1.165, 1.54) is 48.5 Å². The number of benzene rings is 2. The first-order valence-corrected chi connectivity index (χ1v) is 8.32. The van der Waals surface area contributed by atoms with Gasteiger partial charge in [-0.3, -0.25) is 0 Å². The zero-order valence-electron chi connectivity index (χ0n) is 15.0. The summed E-state index contributed by atoms with van der Waals surface area (Å²) in [5, 5.41) is 21.6. The fourth-order valence-electron chi connectivity index (χ4n) is 2.13. The van der Waals surface area contributed by atoms with Gasteiger partial charge in [0.05, 0.1) is 18.5 Å². The number of carboxylic acid groups (broad SMARTS) is 2. The minimum atomic E-state index is -1.31. The second-order valence-electron chi connectivity index (χ2n) is 5.44. The largest absolute Gasteiger partial charge is 0.545 e. The van der Waals surface area contributed by atoms with Crippen LogP contribution in [0.5, 0.6) is 29.5 Å². The van der Waals surface area contributed by atoms with Crippen molar-refractivity contribution in [2.75, 3.05) is 6.61 Å². The molecule has 10 heteroatoms. The standard InChI is InChI=1S/C19H15N3O7/c1-2-27-17-20-18(28-13-7-3-11(4-8-13)15(23)24)22-19(21-17)29-14-9-5-12(6-10-14)16(25)26/h3-10H,2H2,1H3,(H,23,24)(H,25,26)/p-2. The lowest BCUT2D eigenvalue weighted by molar-refractivity contribution is -0.256. The number of hydrogen-bond donors (Lipinski definition) is 0. The van der Waals surface area contributed by atoms with Gasteiger partial charge < -0.3 is 34.0 Å². The summed E-state index contributed by atoms with van der Waals surface area (Å²) in [4.78, 5) is 33.6. The fourth-order valence-corrected chi connectivity index (χ4v) is 2.13. The number of ether oxygens (including phenoxy) is 3. The molecule has 0 aliphatic heterocycles. The summed E-state index contributed by atoms with van der Waals surface area (Å²) in [6.07, 6.45) is 0. The summed E-state index contributed by atoms with van der Waals surface area (Å²) < 4.78 is 16.3. The van der Waals surface area contributed by atoms with Crippen LogP contribution in [-0.2, 0) is 0 Å². The smallest absolute Gasteiger partial charge is 0.331 e. The first kappa shape index (κ1) is 19.5. The van der Waals surface area contributed by atoms with E-state index in [0.29, 0.717) is 0 Å². The number of aromatic carboxylic acids is 2. The molecule has 0 aliphatic carbocycles. The van der Waals surface area contributed by atoms with Crippen LogP contribution in [0.3, 0.4) is 0 Å². The van der Waals surface area contributed by atoms with E-state index >= 15 is 0 Å². The summed E-state index contributed by atoms with van der Waals surface area (Å²) in [6, 6.07) is 10.5. The number of carboxylic acids is 2. The summed E-state index contributed by atoms with van der Waals surface area (Å²) in [5.41, 5.74) is -0.0148. The summed E-state index contributed by atoms with van der Waals surface area (Å²) >= 11 is 0. The number of hydrogen-bond acceptors (Lipinski definition) is 10. The van der Waals surface area contributed by atoms with E-state index in [4.69, 9.17) is 14.2 Å². The van der Waals surface area contributed by atoms with Gasteiger partial charge in [0, 0.05) is 0 Å². The van der Waals surface area contributed by atoms with Gasteiger partial charge in [0.2, 0.25) is 0 Å². The third-order valence-corrected chi connectivity index (χ3v) is 3.45. The Kier molecular flexibility index (Phi) is 5.83. The maximum absolute atomic E-state index is 10.8. The first-order chi connectivity index (χ1) is 13.9. The Morgan fingerprint density at radius 3 is 1.45 bits per heavy atom. The van der Waals surface area contributed by atoms with Crippen molar-refractivity contribution in [3.63, 3.8) is 0 Å². The fraction of sp³-hybridized carbons (Fsp3) is 0.105. The second-order valence-corrected chi connectivity index (χ2v) is 5.44. The monoisotopic (exact) mass is 395 g/mol. The molecule has 3 aromatic rings. The van der Waals surface area contributed by atoms with Gasteiger partial charge in [0.15, 0.2) is 0 Å². The molecule has 0 unspecified atom stereocenters. The topological polar surface area (TPSA) is 147 Å². The van der Waals surface area contributed by atoms with Crippen LogP contribution in [0.4, 0.5) is 0 Å². The summed E-state index contributed by atoms with van der Waals surface area (Å²) in [5.74, 6) is -2.08. The molecule has 0 amide bonds. The van der Waals surface area contributed by atoms with Crippen LogP contribution in [0.1, 0.15) is 27.6 Å². The quantitative estimate of drug-likeness (QED) is 0.530. The van der Waals surface area contributed by atoms with Gasteiger partial charge in [-0.05, 0) is 66.6 Å². The lowest BCUT2D eigenvalue weighted by Gasteiger charge is -2.10. The van der Waals surface area contributed by atoms with E-state index in [-0.39, 0.29) is 47.3 Å². The normalized spacial score (nSPS) is 10.2. The van der Waals surface area contributed by atoms with Gasteiger partial charge in [0.1, 0.15) is 11.5 Å². The van der Waals surface area contributed by atoms with Crippen LogP contribution in [0.2, 0.25) is 0 Å². The van der Waals surface area contributed by atoms with Crippen LogP contribution >= 0.6 is 0 Å². The van der Waals surface area contributed by atoms with Gasteiger partial charge in [-0.2, -0.15) is 0 Å². The first-order valence-electron chi connectivity index (χ1n) is 8.32. The number of aromatic nitrogens is 3. The van der Waals surface area contributed by atoms with E-state index in [1.54, 1.807) is 6.92 Å². The number of carbonyl (C=O) groups is 2. The van der Waals surface area contributed by atoms with E-state index < -0.39 is 11.9 Å². The SMILES string of the molecule is CCOc1nc(Oc2ccc(C(=O)[O-])cc2)nc(Oc2ccc(C(=O)[O-])cc2)n1. The van der Waals surface area contributed by atoms with Crippen LogP contribution < -0.4 is 24.4 Å². The van der Waals surface area contributed by atoms with Gasteiger partial charge in [-0.15, -0.1) is 15.0 Å². The maximum atomic E-state index is 10.8. The van der Waals surface area contributed by atoms with E-state index in [0.717, 1.165) is 0 Å². The molecule has 0 N–H and O–H groups in total. The molecule has 0 spiro atoms. The molecule has 1 heterocycles. The maximum Gasteiger partial charge on any atom is 0.331 e. The third kappa shape index (κ3) is 5.16. The molecule has 148 valence electrons. The predicted molar refractivity (Wildman–Crippen MR) is 92.7 cm³/mol. The molecule has 0 saturated heterocycles. The minimum absolute atomic E-state index is 0.00738. The molecular formula is C19H13N3O7-2. The molecule has 10 nitrogen and oxygen atoms in total. The molecule has 0 radical (unpaired) electrons. The Bertz CT molecular complexity index is 943. The molecule has 1 aromatic heterocycles. The third-order valence-electron chi connectivity index (χ3n) is 3.45. The average molecular weight is 395 g/mol. The minimum Gasteiger partial charge on any atom is -0.545 e. The van der Waals surface area contributed by atoms with Crippen molar-refractivity contribution in [1.82, 2.24) is 15.0 Å². The van der Waals surface area contributed by atoms with Crippen molar-refractivity contribution >= 4 is 11.9 Å². The van der Waals surface area contributed by atoms with Crippen molar-refractivity contribution in [1.29, 1.82) is 0 Å². The zero-order valence-corrected chi connectivity index (χ0v) is 15.0. The molecular weight excluding hydrogens is 382 g/mol. The zero-order chi connectivity index (χ0) is 20.8. The molecule has 0 atom stereocenters. The Labute approximate surface area is 164 Å². The molecule has 3 rings (SSSR count). The lowest BCUT2D eigenvalue weighted by atomic mass is 10.2. The lowest BCUT2D eigenvalue weighted by Crippen LogP contribution is -2.21. The second kappa shape index (κ2) is 8.65. The van der Waals surface area contributed by atoms with Gasteiger partial charge in [-0.1, -0.05) is 0 Å². The molecule has 0 fully saturated rings. The van der Waals surface area contributed by atoms with Crippen LogP contribution in [0, 0.1) is 0 Å². The van der Waals surface area contributed by atoms with Crippen LogP contribution in [0.15, 0.2) is 48.5 Å². The summed E-state index contributed by atoms with van der Waals surface area (Å²) in [7, 11) is 0. The molecule has 0 bridgehead atoms. The molecule has 0 saturated carbocycles. The predicted octanol–water partition coefficient (Wildman–Crippen LogP) is 0.582. The highest BCUT2D eigenvalue weighted by Gasteiger charge is 2.12. The van der Waals surface area contributed by atoms with Gasteiger partial charge in [0.25, 0.3) is 0 Å². The highest BCUT2D eigenvalue weighted by atomic mass is 16.5. The van der Waals surface area contributed by atoms with Gasteiger partial charge >= 0.3 is 18.0 Å². The number of nitrogens with zero attached hydrogens (tertiary/aromatic N) is 3. The Morgan fingerprint density at radius 1 is 0.724 bits per heavy atom. The highest BCUT2D eigenvalue weighted by molar-refractivity contribution is 5.86. The van der Waals surface area contributed by atoms with Crippen molar-refractivity contribution in [2.45, 2.75) is 6.92 Å². The number of rotatable bonds is 8. The Morgan fingerprint density at radius 2 is 1.10 bits per heavy atom. The van der Waals surface area contributed by atoms with E-state index in [2.05, 4.69) is 15.0 Å². The van der Waals surface area contributed by atoms with Crippen molar-refractivity contribution in [3.8, 4) is 29.5 Å². The van der Waals surface area contributed by atoms with E-state index in [9.17, 15) is 19.8 Å². The molecule has 2 aromatic carbocycles. The van der Waals surface area contributed by atoms with Crippen molar-refractivity contribution < 1.29 is 34.0 Å². The average Bonchev–Trinajstić information content (AvgIpc) is 2.69. The van der Waals surface area contributed by atoms with Crippen LogP contribution in [0.25, 0.3) is 0 Å². The number of carbonyl (C=O) groups excluding carboxylic acids is 2. The van der Waals surface area contributed by atoms with Crippen LogP contribution in [-0.4, -0.2) is 33.5 Å². The van der Waals surface area contributed by atoms with Crippen molar-refractivity contribution in [2.24, 2.45) is 0 Å². The Balaban J connectivity index is 1.83. The molecule has 29 heavy (non-hydrogen) atoms. The Hall–Kier alpha value is -4.21. The van der Waals surface area contributed by atoms with Gasteiger partial charge in [-0.25, -0.2) is 0 Å². The van der Waals surface area contributed by atoms with E-state index in [1.807, 2.05) is 0 Å².